The van der Waals surface area contributed by atoms with Gasteiger partial charge in [0.15, 0.2) is 5.82 Å². The zero-order valence-corrected chi connectivity index (χ0v) is 14.6. The summed E-state index contributed by atoms with van der Waals surface area (Å²) in [6.07, 6.45) is 9.32. The van der Waals surface area contributed by atoms with E-state index >= 15 is 0 Å². The van der Waals surface area contributed by atoms with Gasteiger partial charge in [0, 0.05) is 34.8 Å². The van der Waals surface area contributed by atoms with E-state index in [-0.39, 0.29) is 5.56 Å². The fourth-order valence-electron chi connectivity index (χ4n) is 3.44. The average Bonchev–Trinajstić information content (AvgIpc) is 3.17. The molecule has 4 aromatic heterocycles. The summed E-state index contributed by atoms with van der Waals surface area (Å²) in [6.45, 7) is 3.98. The van der Waals surface area contributed by atoms with Gasteiger partial charge < -0.3 is 4.98 Å². The van der Waals surface area contributed by atoms with Crippen LogP contribution in [0.3, 0.4) is 0 Å². The SMILES string of the molecule is Cc1ccnc(-n2cc(-c3cnn4c(=O)c(C5CC5)c(C)[nH]c34)cn2)c1. The molecular formula is C19H18N6O. The highest BCUT2D eigenvalue weighted by Crippen LogP contribution is 2.39. The van der Waals surface area contributed by atoms with Gasteiger partial charge in [0.2, 0.25) is 0 Å². The van der Waals surface area contributed by atoms with Gasteiger partial charge in [0.05, 0.1) is 12.4 Å². The summed E-state index contributed by atoms with van der Waals surface area (Å²) in [7, 11) is 0. The van der Waals surface area contributed by atoms with Crippen LogP contribution in [0.25, 0.3) is 22.6 Å². The molecule has 0 saturated heterocycles. The Bertz CT molecular complexity index is 1190. The second kappa shape index (κ2) is 5.39. The van der Waals surface area contributed by atoms with Crippen LogP contribution in [-0.4, -0.2) is 29.4 Å². The maximum Gasteiger partial charge on any atom is 0.278 e. The minimum Gasteiger partial charge on any atom is -0.343 e. The van der Waals surface area contributed by atoms with Crippen LogP contribution >= 0.6 is 0 Å². The summed E-state index contributed by atoms with van der Waals surface area (Å²) >= 11 is 0. The number of hydrogen-bond acceptors (Lipinski definition) is 4. The van der Waals surface area contributed by atoms with Crippen LogP contribution in [0.4, 0.5) is 0 Å². The van der Waals surface area contributed by atoms with E-state index in [2.05, 4.69) is 20.2 Å². The number of pyridine rings is 1. The first-order chi connectivity index (χ1) is 12.6. The molecule has 0 aromatic carbocycles. The predicted octanol–water partition coefficient (Wildman–Crippen LogP) is 2.76. The van der Waals surface area contributed by atoms with Gasteiger partial charge in [0.25, 0.3) is 5.56 Å². The molecule has 7 nitrogen and oxygen atoms in total. The van der Waals surface area contributed by atoms with Crippen LogP contribution < -0.4 is 5.56 Å². The number of aromatic nitrogens is 6. The highest BCUT2D eigenvalue weighted by atomic mass is 16.1. The summed E-state index contributed by atoms with van der Waals surface area (Å²) in [6, 6.07) is 3.92. The lowest BCUT2D eigenvalue weighted by atomic mass is 10.1. The third-order valence-corrected chi connectivity index (χ3v) is 4.92. The van der Waals surface area contributed by atoms with E-state index in [1.165, 1.54) is 4.52 Å². The minimum absolute atomic E-state index is 0.0160. The Morgan fingerprint density at radius 2 is 2.04 bits per heavy atom. The maximum absolute atomic E-state index is 12.8. The first-order valence-electron chi connectivity index (χ1n) is 8.70. The van der Waals surface area contributed by atoms with E-state index in [4.69, 9.17) is 0 Å². The van der Waals surface area contributed by atoms with Crippen LogP contribution in [0, 0.1) is 13.8 Å². The van der Waals surface area contributed by atoms with E-state index in [1.54, 1.807) is 23.3 Å². The zero-order chi connectivity index (χ0) is 17.8. The van der Waals surface area contributed by atoms with Crippen molar-refractivity contribution in [1.29, 1.82) is 0 Å². The lowest BCUT2D eigenvalue weighted by molar-refractivity contribution is 0.845. The molecule has 1 fully saturated rings. The van der Waals surface area contributed by atoms with Gasteiger partial charge >= 0.3 is 0 Å². The van der Waals surface area contributed by atoms with E-state index < -0.39 is 0 Å². The molecular weight excluding hydrogens is 328 g/mol. The molecule has 0 atom stereocenters. The van der Waals surface area contributed by atoms with Crippen LogP contribution in [0.5, 0.6) is 0 Å². The second-order valence-corrected chi connectivity index (χ2v) is 6.93. The number of rotatable bonds is 3. The molecule has 0 bridgehead atoms. The molecule has 0 radical (unpaired) electrons. The monoisotopic (exact) mass is 346 g/mol. The molecule has 4 aromatic rings. The van der Waals surface area contributed by atoms with Crippen molar-refractivity contribution in [3.63, 3.8) is 0 Å². The fourth-order valence-corrected chi connectivity index (χ4v) is 3.44. The van der Waals surface area contributed by atoms with Crippen molar-refractivity contribution in [2.24, 2.45) is 0 Å². The number of fused-ring (bicyclic) bond motifs is 1. The quantitative estimate of drug-likeness (QED) is 0.618. The minimum atomic E-state index is -0.0160. The predicted molar refractivity (Wildman–Crippen MR) is 97.6 cm³/mol. The number of nitrogens with zero attached hydrogens (tertiary/aromatic N) is 5. The van der Waals surface area contributed by atoms with Crippen LogP contribution in [0.1, 0.15) is 35.6 Å². The highest BCUT2D eigenvalue weighted by Gasteiger charge is 2.29. The molecule has 0 spiro atoms. The molecule has 0 aliphatic heterocycles. The normalized spacial score (nSPS) is 14.2. The number of aryl methyl sites for hydroxylation is 2. The third-order valence-electron chi connectivity index (χ3n) is 4.92. The Labute approximate surface area is 149 Å². The molecule has 0 unspecified atom stereocenters. The van der Waals surface area contributed by atoms with E-state index in [0.717, 1.165) is 46.6 Å². The topological polar surface area (TPSA) is 80.9 Å². The molecule has 7 heteroatoms. The Balaban J connectivity index is 1.63. The summed E-state index contributed by atoms with van der Waals surface area (Å²) in [5.74, 6) is 1.14. The third kappa shape index (κ3) is 2.28. The first-order valence-corrected chi connectivity index (χ1v) is 8.70. The zero-order valence-electron chi connectivity index (χ0n) is 14.6. The van der Waals surface area contributed by atoms with Gasteiger partial charge in [-0.05, 0) is 50.3 Å². The van der Waals surface area contributed by atoms with Crippen molar-refractivity contribution < 1.29 is 0 Å². The summed E-state index contributed by atoms with van der Waals surface area (Å²) in [5, 5.41) is 8.74. The second-order valence-electron chi connectivity index (χ2n) is 6.93. The van der Waals surface area contributed by atoms with Crippen molar-refractivity contribution in [2.45, 2.75) is 32.6 Å². The average molecular weight is 346 g/mol. The van der Waals surface area contributed by atoms with Gasteiger partial charge in [-0.15, -0.1) is 0 Å². The molecule has 1 aliphatic carbocycles. The fraction of sp³-hybridized carbons (Fsp3) is 0.263. The Hall–Kier alpha value is -3.22. The van der Waals surface area contributed by atoms with Crippen molar-refractivity contribution >= 4 is 5.65 Å². The Morgan fingerprint density at radius 1 is 1.19 bits per heavy atom. The van der Waals surface area contributed by atoms with Crippen LogP contribution in [-0.2, 0) is 0 Å². The van der Waals surface area contributed by atoms with Crippen LogP contribution in [0.2, 0.25) is 0 Å². The number of hydrogen-bond donors (Lipinski definition) is 1. The maximum atomic E-state index is 12.8. The summed E-state index contributed by atoms with van der Waals surface area (Å²) in [4.78, 5) is 20.5. The van der Waals surface area contributed by atoms with Gasteiger partial charge in [0.1, 0.15) is 5.65 Å². The van der Waals surface area contributed by atoms with Gasteiger partial charge in [-0.2, -0.15) is 14.7 Å². The lowest BCUT2D eigenvalue weighted by Gasteiger charge is -2.05. The smallest absolute Gasteiger partial charge is 0.278 e. The molecule has 4 heterocycles. The molecule has 5 rings (SSSR count). The lowest BCUT2D eigenvalue weighted by Crippen LogP contribution is -2.21. The highest BCUT2D eigenvalue weighted by molar-refractivity contribution is 5.76. The summed E-state index contributed by atoms with van der Waals surface area (Å²) in [5.41, 5.74) is 5.34. The molecule has 130 valence electrons. The van der Waals surface area contributed by atoms with E-state index in [0.29, 0.717) is 11.6 Å². The van der Waals surface area contributed by atoms with Crippen molar-refractivity contribution in [1.82, 2.24) is 29.4 Å². The largest absolute Gasteiger partial charge is 0.343 e. The molecule has 1 saturated carbocycles. The van der Waals surface area contributed by atoms with Gasteiger partial charge in [-0.3, -0.25) is 4.79 Å². The van der Waals surface area contributed by atoms with Gasteiger partial charge in [-0.1, -0.05) is 0 Å². The standard InChI is InChI=1S/C19H18N6O/c1-11-5-6-20-16(7-11)24-10-14(8-21-24)15-9-22-25-18(15)23-12(2)17(19(25)26)13-3-4-13/h5-10,13,23H,3-4H2,1-2H3. The summed E-state index contributed by atoms with van der Waals surface area (Å²) < 4.78 is 3.20. The molecule has 26 heavy (non-hydrogen) atoms. The van der Waals surface area contributed by atoms with E-state index in [1.807, 2.05) is 32.2 Å². The van der Waals surface area contributed by atoms with Gasteiger partial charge in [-0.25, -0.2) is 9.67 Å². The van der Waals surface area contributed by atoms with Crippen LogP contribution in [0.15, 0.2) is 41.7 Å². The van der Waals surface area contributed by atoms with E-state index in [9.17, 15) is 4.79 Å². The van der Waals surface area contributed by atoms with Crippen molar-refractivity contribution in [2.75, 3.05) is 0 Å². The van der Waals surface area contributed by atoms with Crippen molar-refractivity contribution in [3.8, 4) is 16.9 Å². The molecule has 1 N–H and O–H groups in total. The Kier molecular flexibility index (Phi) is 3.12. The van der Waals surface area contributed by atoms with Crippen molar-refractivity contribution in [3.05, 3.63) is 64.1 Å². The Morgan fingerprint density at radius 3 is 2.81 bits per heavy atom. The number of nitrogens with one attached hydrogen (secondary N) is 1. The first kappa shape index (κ1) is 15.1. The number of aromatic amines is 1. The molecule has 0 amide bonds. The molecule has 1 aliphatic rings. The number of H-pyrrole nitrogens is 1.